The molecule has 0 fully saturated rings. The Kier molecular flexibility index (Phi) is 11.0. The fraction of sp³-hybridized carbons (Fsp3) is 0.500. The molecule has 0 spiro atoms. The van der Waals surface area contributed by atoms with Crippen LogP contribution in [0.5, 0.6) is 0 Å². The summed E-state index contributed by atoms with van der Waals surface area (Å²) in [6.07, 6.45) is 3.92. The van der Waals surface area contributed by atoms with Crippen LogP contribution in [-0.2, 0) is 6.54 Å². The Morgan fingerprint density at radius 1 is 1.19 bits per heavy atom. The van der Waals surface area contributed by atoms with E-state index in [1.165, 1.54) is 11.1 Å². The lowest BCUT2D eigenvalue weighted by Gasteiger charge is -2.30. The smallest absolute Gasteiger partial charge is 0.191 e. The van der Waals surface area contributed by atoms with E-state index in [1.807, 2.05) is 31.0 Å². The summed E-state index contributed by atoms with van der Waals surface area (Å²) in [4.78, 5) is 6.81. The van der Waals surface area contributed by atoms with E-state index in [4.69, 9.17) is 0 Å². The fourth-order valence-electron chi connectivity index (χ4n) is 3.09. The molecule has 1 aromatic heterocycles. The number of likely N-dealkylation sites (N-methyl/N-ethyl adjacent to an activating group) is 1. The molecular weight excluding hydrogens is 451 g/mol. The van der Waals surface area contributed by atoms with Gasteiger partial charge in [0.2, 0.25) is 0 Å². The maximum atomic E-state index is 4.35. The van der Waals surface area contributed by atoms with Gasteiger partial charge < -0.3 is 10.6 Å². The molecule has 0 aliphatic heterocycles. The average molecular weight is 484 g/mol. The molecule has 0 saturated carbocycles. The molecule has 7 heteroatoms. The fourth-order valence-corrected chi connectivity index (χ4v) is 3.09. The van der Waals surface area contributed by atoms with Crippen molar-refractivity contribution < 1.29 is 0 Å². The third kappa shape index (κ3) is 7.50. The number of rotatable bonds is 9. The van der Waals surface area contributed by atoms with Crippen LogP contribution in [0.2, 0.25) is 0 Å². The second-order valence-corrected chi connectivity index (χ2v) is 6.31. The van der Waals surface area contributed by atoms with Gasteiger partial charge in [-0.3, -0.25) is 14.6 Å². The SMILES string of the molecule is CCN(CC)C(CNC(=NC)NCCn1cc(C)cn1)c1ccccc1.I. The highest BCUT2D eigenvalue weighted by atomic mass is 127. The minimum absolute atomic E-state index is 0. The number of aromatic nitrogens is 2. The van der Waals surface area contributed by atoms with Gasteiger partial charge in [0.25, 0.3) is 0 Å². The number of hydrogen-bond acceptors (Lipinski definition) is 3. The van der Waals surface area contributed by atoms with Crippen LogP contribution in [0.4, 0.5) is 0 Å². The van der Waals surface area contributed by atoms with E-state index >= 15 is 0 Å². The number of hydrogen-bond donors (Lipinski definition) is 2. The first-order chi connectivity index (χ1) is 12.7. The van der Waals surface area contributed by atoms with Crippen molar-refractivity contribution >= 4 is 29.9 Å². The molecule has 0 aliphatic rings. The first kappa shape index (κ1) is 23.4. The largest absolute Gasteiger partial charge is 0.355 e. The Morgan fingerprint density at radius 3 is 2.44 bits per heavy atom. The second-order valence-electron chi connectivity index (χ2n) is 6.31. The first-order valence-corrected chi connectivity index (χ1v) is 9.40. The molecule has 150 valence electrons. The van der Waals surface area contributed by atoms with Gasteiger partial charge in [0.15, 0.2) is 5.96 Å². The molecule has 0 bridgehead atoms. The summed E-state index contributed by atoms with van der Waals surface area (Å²) in [6, 6.07) is 11.0. The van der Waals surface area contributed by atoms with Crippen molar-refractivity contribution in [2.45, 2.75) is 33.4 Å². The lowest BCUT2D eigenvalue weighted by atomic mass is 10.1. The minimum atomic E-state index is 0. The van der Waals surface area contributed by atoms with Gasteiger partial charge in [-0.1, -0.05) is 44.2 Å². The Bertz CT molecular complexity index is 666. The third-order valence-electron chi connectivity index (χ3n) is 4.52. The van der Waals surface area contributed by atoms with Crippen molar-refractivity contribution in [1.82, 2.24) is 25.3 Å². The van der Waals surface area contributed by atoms with Crippen molar-refractivity contribution in [3.8, 4) is 0 Å². The van der Waals surface area contributed by atoms with Gasteiger partial charge in [0, 0.05) is 26.3 Å². The van der Waals surface area contributed by atoms with Crippen LogP contribution in [0.3, 0.4) is 0 Å². The zero-order valence-corrected chi connectivity index (χ0v) is 19.2. The normalized spacial score (nSPS) is 12.6. The molecule has 6 nitrogen and oxygen atoms in total. The van der Waals surface area contributed by atoms with Gasteiger partial charge in [0.1, 0.15) is 0 Å². The third-order valence-corrected chi connectivity index (χ3v) is 4.52. The van der Waals surface area contributed by atoms with Crippen LogP contribution in [0, 0.1) is 6.92 Å². The van der Waals surface area contributed by atoms with E-state index in [2.05, 4.69) is 69.8 Å². The number of guanidine groups is 1. The van der Waals surface area contributed by atoms with E-state index in [-0.39, 0.29) is 24.0 Å². The molecule has 1 atom stereocenters. The Morgan fingerprint density at radius 2 is 1.89 bits per heavy atom. The number of nitrogens with zero attached hydrogens (tertiary/aromatic N) is 4. The number of benzene rings is 1. The summed E-state index contributed by atoms with van der Waals surface area (Å²) in [7, 11) is 1.81. The van der Waals surface area contributed by atoms with Crippen LogP contribution >= 0.6 is 24.0 Å². The van der Waals surface area contributed by atoms with E-state index in [1.54, 1.807) is 0 Å². The van der Waals surface area contributed by atoms with Gasteiger partial charge in [-0.25, -0.2) is 0 Å². The van der Waals surface area contributed by atoms with Crippen molar-refractivity contribution in [3.63, 3.8) is 0 Å². The highest BCUT2D eigenvalue weighted by Crippen LogP contribution is 2.19. The summed E-state index contributed by atoms with van der Waals surface area (Å²) in [6.45, 7) is 10.9. The van der Waals surface area contributed by atoms with Crippen LogP contribution < -0.4 is 10.6 Å². The lowest BCUT2D eigenvalue weighted by molar-refractivity contribution is 0.219. The van der Waals surface area contributed by atoms with E-state index in [0.29, 0.717) is 6.04 Å². The van der Waals surface area contributed by atoms with Gasteiger partial charge >= 0.3 is 0 Å². The number of aryl methyl sites for hydroxylation is 1. The van der Waals surface area contributed by atoms with Crippen molar-refractivity contribution in [2.24, 2.45) is 4.99 Å². The van der Waals surface area contributed by atoms with E-state index < -0.39 is 0 Å². The van der Waals surface area contributed by atoms with Crippen LogP contribution in [0.1, 0.15) is 31.0 Å². The van der Waals surface area contributed by atoms with E-state index in [0.717, 1.165) is 38.7 Å². The Labute approximate surface area is 180 Å². The minimum Gasteiger partial charge on any atom is -0.355 e. The Hall–Kier alpha value is -1.61. The number of nitrogens with one attached hydrogen (secondary N) is 2. The lowest BCUT2D eigenvalue weighted by Crippen LogP contribution is -2.44. The van der Waals surface area contributed by atoms with Crippen LogP contribution in [-0.4, -0.2) is 53.9 Å². The molecule has 1 unspecified atom stereocenters. The molecular formula is C20H33IN6. The standard InChI is InChI=1S/C20H32N6.HI/c1-5-25(6-2)19(18-10-8-7-9-11-18)15-23-20(21-4)22-12-13-26-16-17(3)14-24-26;/h7-11,14,16,19H,5-6,12-13,15H2,1-4H3,(H2,21,22,23);1H. The zero-order valence-electron chi connectivity index (χ0n) is 16.9. The molecule has 0 amide bonds. The van der Waals surface area contributed by atoms with Crippen LogP contribution in [0.25, 0.3) is 0 Å². The number of halogens is 1. The summed E-state index contributed by atoms with van der Waals surface area (Å²) in [5, 5.41) is 11.2. The predicted molar refractivity (Wildman–Crippen MR) is 124 cm³/mol. The molecule has 2 aromatic rings. The molecule has 0 aliphatic carbocycles. The van der Waals surface area contributed by atoms with E-state index in [9.17, 15) is 0 Å². The predicted octanol–water partition coefficient (Wildman–Crippen LogP) is 3.06. The van der Waals surface area contributed by atoms with Gasteiger partial charge in [-0.2, -0.15) is 5.10 Å². The summed E-state index contributed by atoms with van der Waals surface area (Å²) >= 11 is 0. The molecule has 0 radical (unpaired) electrons. The van der Waals surface area contributed by atoms with Crippen molar-refractivity contribution in [3.05, 3.63) is 53.9 Å². The topological polar surface area (TPSA) is 57.5 Å². The molecule has 1 heterocycles. The van der Waals surface area contributed by atoms with Crippen LogP contribution in [0.15, 0.2) is 47.7 Å². The van der Waals surface area contributed by atoms with Crippen molar-refractivity contribution in [1.29, 1.82) is 0 Å². The highest BCUT2D eigenvalue weighted by Gasteiger charge is 2.18. The summed E-state index contributed by atoms with van der Waals surface area (Å²) in [5.41, 5.74) is 2.50. The van der Waals surface area contributed by atoms with Crippen molar-refractivity contribution in [2.75, 3.05) is 33.2 Å². The maximum absolute atomic E-state index is 4.35. The summed E-state index contributed by atoms with van der Waals surface area (Å²) < 4.78 is 1.94. The molecule has 27 heavy (non-hydrogen) atoms. The van der Waals surface area contributed by atoms with Gasteiger partial charge in [-0.15, -0.1) is 24.0 Å². The van der Waals surface area contributed by atoms with Gasteiger partial charge in [-0.05, 0) is 31.1 Å². The summed E-state index contributed by atoms with van der Waals surface area (Å²) in [5.74, 6) is 0.821. The first-order valence-electron chi connectivity index (χ1n) is 9.40. The van der Waals surface area contributed by atoms with Gasteiger partial charge in [0.05, 0.1) is 18.8 Å². The molecule has 2 N–H and O–H groups in total. The molecule has 0 saturated heterocycles. The Balaban J connectivity index is 0.00000364. The average Bonchev–Trinajstić information content (AvgIpc) is 3.09. The maximum Gasteiger partial charge on any atom is 0.191 e. The number of aliphatic imine (C=N–C) groups is 1. The second kappa shape index (κ2) is 12.7. The highest BCUT2D eigenvalue weighted by molar-refractivity contribution is 14.0. The molecule has 2 rings (SSSR count). The molecule has 1 aromatic carbocycles. The monoisotopic (exact) mass is 484 g/mol. The quantitative estimate of drug-likeness (QED) is 0.327. The zero-order chi connectivity index (χ0) is 18.8.